The number of hydrogen-bond donors (Lipinski definition) is 1. The molecule has 1 N–H and O–H groups in total. The van der Waals surface area contributed by atoms with Crippen molar-refractivity contribution in [3.8, 4) is 23.2 Å². The maximum absolute atomic E-state index is 11.5. The molecular weight excluding hydrogens is 458 g/mol. The Morgan fingerprint density at radius 2 is 2.17 bits per heavy atom. The van der Waals surface area contributed by atoms with Crippen LogP contribution in [0.5, 0.6) is 0 Å². The molecule has 3 aromatic rings. The lowest BCUT2D eigenvalue weighted by Gasteiger charge is -2.26. The summed E-state index contributed by atoms with van der Waals surface area (Å²) in [5, 5.41) is 7.08. The van der Waals surface area contributed by atoms with Crippen molar-refractivity contribution >= 4 is 5.91 Å². The van der Waals surface area contributed by atoms with Crippen LogP contribution < -0.4 is 5.32 Å². The van der Waals surface area contributed by atoms with Crippen molar-refractivity contribution in [2.45, 2.75) is 45.1 Å². The minimum Gasteiger partial charge on any atom is -0.356 e. The van der Waals surface area contributed by atoms with Crippen LogP contribution in [0.3, 0.4) is 0 Å². The largest absolute Gasteiger partial charge is 0.356 e. The molecule has 0 spiro atoms. The Bertz CT molecular complexity index is 1220. The highest BCUT2D eigenvalue weighted by Gasteiger charge is 2.21. The molecular formula is C27H31N5O4. The molecule has 2 atom stereocenters. The van der Waals surface area contributed by atoms with Gasteiger partial charge in [0, 0.05) is 49.3 Å². The number of nitrogens with one attached hydrogen (secondary N) is 1. The van der Waals surface area contributed by atoms with Crippen LogP contribution in [0.2, 0.25) is 0 Å². The Hall–Kier alpha value is -3.45. The molecule has 0 radical (unpaired) electrons. The van der Waals surface area contributed by atoms with E-state index in [0.29, 0.717) is 31.9 Å². The third-order valence-electron chi connectivity index (χ3n) is 6.32. The topological polar surface area (TPSA) is 94.7 Å². The first-order valence-electron chi connectivity index (χ1n) is 12.5. The van der Waals surface area contributed by atoms with Gasteiger partial charge in [0.25, 0.3) is 0 Å². The van der Waals surface area contributed by atoms with Gasteiger partial charge in [0.05, 0.1) is 19.6 Å². The second-order valence-electron chi connectivity index (χ2n) is 9.11. The van der Waals surface area contributed by atoms with E-state index in [1.165, 1.54) is 0 Å². The van der Waals surface area contributed by atoms with Crippen LogP contribution in [0.25, 0.3) is 11.3 Å². The van der Waals surface area contributed by atoms with Gasteiger partial charge in [-0.25, -0.2) is 4.98 Å². The van der Waals surface area contributed by atoms with E-state index in [9.17, 15) is 4.79 Å². The lowest BCUT2D eigenvalue weighted by molar-refractivity contribution is -0.188. The molecule has 2 aliphatic rings. The highest BCUT2D eigenvalue weighted by molar-refractivity contribution is 5.78. The maximum Gasteiger partial charge on any atom is 0.234 e. The molecule has 9 nitrogen and oxygen atoms in total. The number of amides is 1. The molecule has 2 aromatic heterocycles. The first-order chi connectivity index (χ1) is 17.6. The quantitative estimate of drug-likeness (QED) is 0.510. The van der Waals surface area contributed by atoms with E-state index in [2.05, 4.69) is 27.3 Å². The Morgan fingerprint density at radius 1 is 1.28 bits per heavy atom. The Morgan fingerprint density at radius 3 is 2.97 bits per heavy atom. The second kappa shape index (κ2) is 11.5. The predicted molar refractivity (Wildman–Crippen MR) is 133 cm³/mol. The lowest BCUT2D eigenvalue weighted by atomic mass is 10.1. The number of benzene rings is 1. The van der Waals surface area contributed by atoms with Gasteiger partial charge in [0.15, 0.2) is 12.1 Å². The summed E-state index contributed by atoms with van der Waals surface area (Å²) < 4.78 is 19.4. The van der Waals surface area contributed by atoms with Gasteiger partial charge in [-0.05, 0) is 50.5 Å². The van der Waals surface area contributed by atoms with Gasteiger partial charge >= 0.3 is 0 Å². The summed E-state index contributed by atoms with van der Waals surface area (Å²) in [5.74, 6) is 7.91. The predicted octanol–water partition coefficient (Wildman–Crippen LogP) is 2.97. The molecule has 1 unspecified atom stereocenters. The molecule has 9 heteroatoms. The highest BCUT2D eigenvalue weighted by Crippen LogP contribution is 2.25. The number of rotatable bonds is 7. The molecule has 0 bridgehead atoms. The molecule has 36 heavy (non-hydrogen) atoms. The fraction of sp³-hybridized carbons (Fsp3) is 0.444. The zero-order valence-corrected chi connectivity index (χ0v) is 20.5. The molecule has 2 fully saturated rings. The van der Waals surface area contributed by atoms with Crippen LogP contribution in [0.4, 0.5) is 0 Å². The van der Waals surface area contributed by atoms with E-state index < -0.39 is 0 Å². The van der Waals surface area contributed by atoms with Gasteiger partial charge in [-0.3, -0.25) is 9.69 Å². The third kappa shape index (κ3) is 6.21. The summed E-state index contributed by atoms with van der Waals surface area (Å²) >= 11 is 0. The van der Waals surface area contributed by atoms with Crippen molar-refractivity contribution in [1.82, 2.24) is 24.9 Å². The number of aromatic nitrogens is 3. The lowest BCUT2D eigenvalue weighted by Crippen LogP contribution is -2.47. The molecule has 2 aliphatic heterocycles. The number of hydrogen-bond acceptors (Lipinski definition) is 7. The first kappa shape index (κ1) is 24.3. The van der Waals surface area contributed by atoms with Gasteiger partial charge in [-0.2, -0.15) is 0 Å². The zero-order chi connectivity index (χ0) is 24.7. The van der Waals surface area contributed by atoms with Gasteiger partial charge in [0.1, 0.15) is 17.6 Å². The number of nitrogens with zero attached hydrogens (tertiary/aromatic N) is 4. The van der Waals surface area contributed by atoms with E-state index >= 15 is 0 Å². The van der Waals surface area contributed by atoms with Gasteiger partial charge < -0.3 is 23.9 Å². The van der Waals surface area contributed by atoms with Crippen LogP contribution in [-0.2, 0) is 20.8 Å². The number of carbonyl (C=O) groups excluding carboxylic acids is 1. The number of piperazine rings is 1. The maximum atomic E-state index is 11.5. The van der Waals surface area contributed by atoms with Crippen LogP contribution in [0, 0.1) is 11.8 Å². The fourth-order valence-electron chi connectivity index (χ4n) is 4.41. The van der Waals surface area contributed by atoms with E-state index in [0.717, 1.165) is 55.1 Å². The summed E-state index contributed by atoms with van der Waals surface area (Å²) in [5.41, 5.74) is 2.66. The summed E-state index contributed by atoms with van der Waals surface area (Å²) in [7, 11) is 0. The third-order valence-corrected chi connectivity index (χ3v) is 6.32. The second-order valence-corrected chi connectivity index (χ2v) is 9.11. The van der Waals surface area contributed by atoms with Crippen LogP contribution in [-0.4, -0.2) is 64.6 Å². The van der Waals surface area contributed by atoms with Crippen LogP contribution in [0.15, 0.2) is 47.2 Å². The van der Waals surface area contributed by atoms with E-state index in [1.54, 1.807) is 6.20 Å². The molecule has 0 saturated carbocycles. The fourth-order valence-corrected chi connectivity index (χ4v) is 4.41. The monoisotopic (exact) mass is 489 g/mol. The van der Waals surface area contributed by atoms with Gasteiger partial charge in [-0.1, -0.05) is 17.0 Å². The molecule has 188 valence electrons. The van der Waals surface area contributed by atoms with E-state index in [1.807, 2.05) is 52.9 Å². The van der Waals surface area contributed by atoms with Crippen molar-refractivity contribution in [3.05, 3.63) is 59.8 Å². The molecule has 1 aromatic carbocycles. The first-order valence-corrected chi connectivity index (χ1v) is 12.5. The molecule has 1 amide bonds. The number of carbonyl (C=O) groups is 1. The summed E-state index contributed by atoms with van der Waals surface area (Å²) in [4.78, 5) is 18.0. The van der Waals surface area contributed by atoms with Crippen LogP contribution in [0.1, 0.15) is 49.4 Å². The average molecular weight is 490 g/mol. The Labute approximate surface area is 210 Å². The van der Waals surface area contributed by atoms with Crippen LogP contribution >= 0.6 is 0 Å². The Kier molecular flexibility index (Phi) is 7.76. The number of imidazole rings is 1. The molecule has 0 aliphatic carbocycles. The van der Waals surface area contributed by atoms with E-state index in [4.69, 9.17) is 14.0 Å². The number of ether oxygens (including phenoxy) is 2. The minimum atomic E-state index is -0.185. The smallest absolute Gasteiger partial charge is 0.234 e. The average Bonchev–Trinajstić information content (AvgIpc) is 3.55. The van der Waals surface area contributed by atoms with Crippen molar-refractivity contribution in [2.75, 3.05) is 32.8 Å². The van der Waals surface area contributed by atoms with E-state index in [-0.39, 0.29) is 18.3 Å². The summed E-state index contributed by atoms with van der Waals surface area (Å²) in [6, 6.07) is 9.83. The molecule has 4 heterocycles. The zero-order valence-electron chi connectivity index (χ0n) is 20.5. The summed E-state index contributed by atoms with van der Waals surface area (Å²) in [6.07, 6.45) is 6.48. The van der Waals surface area contributed by atoms with Gasteiger partial charge in [0.2, 0.25) is 5.91 Å². The normalized spacial score (nSPS) is 19.4. The molecule has 2 saturated heterocycles. The van der Waals surface area contributed by atoms with Crippen molar-refractivity contribution < 1.29 is 18.8 Å². The van der Waals surface area contributed by atoms with Crippen molar-refractivity contribution in [1.29, 1.82) is 0 Å². The SMILES string of the molecule is C[C@H](OC1CCCCO1)c1nccn1Cc1cc(-c2ccc(C#CCN3CCNC(=O)C3)cc2)on1. The minimum absolute atomic E-state index is 0.0555. The van der Waals surface area contributed by atoms with Gasteiger partial charge in [-0.15, -0.1) is 0 Å². The molecule has 5 rings (SSSR count). The Balaban J connectivity index is 1.18. The summed E-state index contributed by atoms with van der Waals surface area (Å²) in [6.45, 7) is 5.78. The van der Waals surface area contributed by atoms with Crippen molar-refractivity contribution in [2.24, 2.45) is 0 Å². The highest BCUT2D eigenvalue weighted by atomic mass is 16.7. The van der Waals surface area contributed by atoms with Crippen molar-refractivity contribution in [3.63, 3.8) is 0 Å². The standard InChI is InChI=1S/C27H31N5O4/c1-20(35-26-6-2-3-16-34-26)27-29-12-15-32(27)18-23-17-24(36-30-23)22-9-7-21(8-10-22)5-4-13-31-14-11-28-25(33)19-31/h7-10,12,15,17,20,26H,2-3,6,11,13-14,16,18-19H2,1H3,(H,28,33)/t20-,26?/m0/s1.